The molecule has 0 bridgehead atoms. The molecule has 0 saturated carbocycles. The van der Waals surface area contributed by atoms with E-state index in [0.717, 1.165) is 0 Å². The highest BCUT2D eigenvalue weighted by Crippen LogP contribution is 1.92. The first-order valence-electron chi connectivity index (χ1n) is 3.14. The van der Waals surface area contributed by atoms with Gasteiger partial charge in [-0.15, -0.1) is 0 Å². The molecule has 0 aromatic heterocycles. The van der Waals surface area contributed by atoms with E-state index in [1.807, 2.05) is 0 Å². The van der Waals surface area contributed by atoms with Gasteiger partial charge < -0.3 is 4.84 Å². The topological polar surface area (TPSA) is 69.4 Å². The minimum absolute atomic E-state index is 0.167. The lowest BCUT2D eigenvalue weighted by atomic mass is 10.5. The Morgan fingerprint density at radius 2 is 2.10 bits per heavy atom. The number of hydrogen-bond donors (Lipinski definition) is 1. The molecular weight excluding hydrogens is 154 g/mol. The van der Waals surface area contributed by atoms with Gasteiger partial charge in [0.1, 0.15) is 9.84 Å². The molecule has 0 radical (unpaired) electrons. The van der Waals surface area contributed by atoms with E-state index in [1.54, 1.807) is 6.92 Å². The Bertz CT molecular complexity index is 164. The summed E-state index contributed by atoms with van der Waals surface area (Å²) in [5, 5.41) is 0. The lowest BCUT2D eigenvalue weighted by Gasteiger charge is -1.98. The van der Waals surface area contributed by atoms with Gasteiger partial charge in [-0.25, -0.2) is 14.3 Å². The summed E-state index contributed by atoms with van der Waals surface area (Å²) in [7, 11) is -2.83. The fraction of sp³-hybridized carbons (Fsp3) is 1.00. The summed E-state index contributed by atoms with van der Waals surface area (Å²) in [6.45, 7) is 1.93. The van der Waals surface area contributed by atoms with E-state index in [1.165, 1.54) is 0 Å². The molecule has 0 unspecified atom stereocenters. The molecule has 0 heterocycles. The summed E-state index contributed by atoms with van der Waals surface area (Å²) in [5.74, 6) is 5.06. The SMILES string of the molecule is CCS(=O)(=O)CCCON. The molecule has 4 nitrogen and oxygen atoms in total. The van der Waals surface area contributed by atoms with Gasteiger partial charge in [0.15, 0.2) is 0 Å². The van der Waals surface area contributed by atoms with Crippen LogP contribution >= 0.6 is 0 Å². The maximum Gasteiger partial charge on any atom is 0.150 e. The number of rotatable bonds is 5. The van der Waals surface area contributed by atoms with Crippen LogP contribution in [0, 0.1) is 0 Å². The van der Waals surface area contributed by atoms with Crippen molar-refractivity contribution in [2.24, 2.45) is 5.90 Å². The van der Waals surface area contributed by atoms with Crippen LogP contribution in [0.25, 0.3) is 0 Å². The van der Waals surface area contributed by atoms with Crippen LogP contribution in [0.5, 0.6) is 0 Å². The summed E-state index contributed by atoms with van der Waals surface area (Å²) >= 11 is 0. The fourth-order valence-electron chi connectivity index (χ4n) is 0.507. The van der Waals surface area contributed by atoms with Crippen LogP contribution in [0.3, 0.4) is 0 Å². The first-order valence-corrected chi connectivity index (χ1v) is 4.96. The molecule has 0 aromatic rings. The van der Waals surface area contributed by atoms with Gasteiger partial charge in [-0.05, 0) is 6.42 Å². The largest absolute Gasteiger partial charge is 0.305 e. The molecule has 0 spiro atoms. The van der Waals surface area contributed by atoms with Crippen molar-refractivity contribution >= 4 is 9.84 Å². The van der Waals surface area contributed by atoms with Gasteiger partial charge in [0.25, 0.3) is 0 Å². The Balaban J connectivity index is 3.49. The van der Waals surface area contributed by atoms with Crippen molar-refractivity contribution in [3.8, 4) is 0 Å². The van der Waals surface area contributed by atoms with Crippen LogP contribution in [-0.4, -0.2) is 26.5 Å². The highest BCUT2D eigenvalue weighted by Gasteiger charge is 2.05. The third-order valence-electron chi connectivity index (χ3n) is 1.16. The van der Waals surface area contributed by atoms with Gasteiger partial charge in [-0.3, -0.25) is 0 Å². The molecule has 0 aliphatic rings. The zero-order valence-electron chi connectivity index (χ0n) is 6.04. The normalized spacial score (nSPS) is 11.8. The van der Waals surface area contributed by atoms with E-state index in [2.05, 4.69) is 4.84 Å². The molecule has 0 rings (SSSR count). The standard InChI is InChI=1S/C5H13NO3S/c1-2-10(7,8)5-3-4-9-6/h2-6H2,1H3. The van der Waals surface area contributed by atoms with Crippen LogP contribution in [0.15, 0.2) is 0 Å². The van der Waals surface area contributed by atoms with Gasteiger partial charge >= 0.3 is 0 Å². The second-order valence-electron chi connectivity index (χ2n) is 1.96. The highest BCUT2D eigenvalue weighted by atomic mass is 32.2. The highest BCUT2D eigenvalue weighted by molar-refractivity contribution is 7.91. The Morgan fingerprint density at radius 1 is 1.50 bits per heavy atom. The maximum absolute atomic E-state index is 10.8. The van der Waals surface area contributed by atoms with Crippen molar-refractivity contribution in [1.82, 2.24) is 0 Å². The summed E-state index contributed by atoms with van der Waals surface area (Å²) in [4.78, 5) is 4.22. The summed E-state index contributed by atoms with van der Waals surface area (Å²) in [6, 6.07) is 0. The fourth-order valence-corrected chi connectivity index (χ4v) is 1.35. The van der Waals surface area contributed by atoms with Crippen molar-refractivity contribution in [2.45, 2.75) is 13.3 Å². The minimum atomic E-state index is -2.83. The lowest BCUT2D eigenvalue weighted by Crippen LogP contribution is -2.12. The molecular formula is C5H13NO3S. The average Bonchev–Trinajstić information content (AvgIpc) is 1.89. The third-order valence-corrected chi connectivity index (χ3v) is 2.95. The Kier molecular flexibility index (Phi) is 4.59. The number of sulfone groups is 1. The average molecular weight is 167 g/mol. The van der Waals surface area contributed by atoms with Gasteiger partial charge in [0.05, 0.1) is 12.4 Å². The van der Waals surface area contributed by atoms with E-state index >= 15 is 0 Å². The molecule has 0 atom stereocenters. The molecule has 62 valence electrons. The van der Waals surface area contributed by atoms with Gasteiger partial charge in [0, 0.05) is 5.75 Å². The van der Waals surface area contributed by atoms with Gasteiger partial charge in [-0.2, -0.15) is 0 Å². The molecule has 0 fully saturated rings. The lowest BCUT2D eigenvalue weighted by molar-refractivity contribution is 0.139. The van der Waals surface area contributed by atoms with E-state index in [4.69, 9.17) is 5.90 Å². The van der Waals surface area contributed by atoms with Crippen molar-refractivity contribution in [2.75, 3.05) is 18.1 Å². The van der Waals surface area contributed by atoms with Gasteiger partial charge in [0.2, 0.25) is 0 Å². The molecule has 0 aliphatic carbocycles. The third kappa shape index (κ3) is 4.72. The predicted molar refractivity (Wildman–Crippen MR) is 39.1 cm³/mol. The minimum Gasteiger partial charge on any atom is -0.305 e. The number of hydrogen-bond acceptors (Lipinski definition) is 4. The second kappa shape index (κ2) is 4.65. The van der Waals surface area contributed by atoms with E-state index < -0.39 is 9.84 Å². The summed E-state index contributed by atoms with van der Waals surface area (Å²) < 4.78 is 21.6. The molecule has 2 N–H and O–H groups in total. The maximum atomic E-state index is 10.8. The quantitative estimate of drug-likeness (QED) is 0.451. The van der Waals surface area contributed by atoms with E-state index in [0.29, 0.717) is 13.0 Å². The Morgan fingerprint density at radius 3 is 2.50 bits per heavy atom. The van der Waals surface area contributed by atoms with Crippen LogP contribution < -0.4 is 5.90 Å². The van der Waals surface area contributed by atoms with Crippen molar-refractivity contribution in [3.05, 3.63) is 0 Å². The predicted octanol–water partition coefficient (Wildman–Crippen LogP) is -0.298. The number of nitrogens with two attached hydrogens (primary N) is 1. The molecule has 10 heavy (non-hydrogen) atoms. The Hall–Kier alpha value is -0.130. The van der Waals surface area contributed by atoms with Crippen LogP contribution in [0.1, 0.15) is 13.3 Å². The van der Waals surface area contributed by atoms with Gasteiger partial charge in [-0.1, -0.05) is 6.92 Å². The zero-order chi connectivity index (χ0) is 8.04. The summed E-state index contributed by atoms with van der Waals surface area (Å²) in [5.41, 5.74) is 0. The van der Waals surface area contributed by atoms with E-state index in [-0.39, 0.29) is 11.5 Å². The van der Waals surface area contributed by atoms with Crippen LogP contribution in [-0.2, 0) is 14.7 Å². The van der Waals surface area contributed by atoms with Crippen LogP contribution in [0.4, 0.5) is 0 Å². The van der Waals surface area contributed by atoms with Crippen molar-refractivity contribution in [3.63, 3.8) is 0 Å². The smallest absolute Gasteiger partial charge is 0.150 e. The molecule has 5 heteroatoms. The molecule has 0 aromatic carbocycles. The monoisotopic (exact) mass is 167 g/mol. The second-order valence-corrected chi connectivity index (χ2v) is 4.43. The Labute approximate surface area is 61.2 Å². The van der Waals surface area contributed by atoms with Crippen LogP contribution in [0.2, 0.25) is 0 Å². The molecule has 0 saturated heterocycles. The zero-order valence-corrected chi connectivity index (χ0v) is 6.86. The summed E-state index contributed by atoms with van der Waals surface area (Å²) in [6.07, 6.45) is 0.479. The van der Waals surface area contributed by atoms with E-state index in [9.17, 15) is 8.42 Å². The first-order chi connectivity index (χ1) is 4.62. The molecule has 0 aliphatic heterocycles. The molecule has 0 amide bonds. The van der Waals surface area contributed by atoms with Crippen molar-refractivity contribution < 1.29 is 13.3 Å². The van der Waals surface area contributed by atoms with Crippen molar-refractivity contribution in [1.29, 1.82) is 0 Å². The first kappa shape index (κ1) is 9.87.